The molecule has 1 saturated heterocycles. The van der Waals surface area contributed by atoms with Gasteiger partial charge in [0.2, 0.25) is 0 Å². The number of methoxy groups -OCH3 is 1. The van der Waals surface area contributed by atoms with Crippen LogP contribution in [0.2, 0.25) is 0 Å². The first-order valence-corrected chi connectivity index (χ1v) is 5.71. The second kappa shape index (κ2) is 4.45. The third-order valence-corrected chi connectivity index (χ3v) is 3.30. The first-order chi connectivity index (χ1) is 8.08. The lowest BCUT2D eigenvalue weighted by Gasteiger charge is -2.23. The molecule has 1 atom stereocenters. The van der Waals surface area contributed by atoms with Gasteiger partial charge in [-0.2, -0.15) is 0 Å². The van der Waals surface area contributed by atoms with Gasteiger partial charge in [-0.25, -0.2) is 4.39 Å². The quantitative estimate of drug-likeness (QED) is 0.819. The molecule has 2 rings (SSSR count). The molecule has 0 bridgehead atoms. The first-order valence-electron chi connectivity index (χ1n) is 5.71. The molecular weight excluding hydrogens is 221 g/mol. The van der Waals surface area contributed by atoms with E-state index in [1.54, 1.807) is 6.07 Å². The summed E-state index contributed by atoms with van der Waals surface area (Å²) in [5.41, 5.74) is -0.547. The summed E-state index contributed by atoms with van der Waals surface area (Å²) in [6.07, 6.45) is 1.68. The molecule has 0 spiro atoms. The Morgan fingerprint density at radius 2 is 2.29 bits per heavy atom. The number of rotatable bonds is 3. The molecule has 0 radical (unpaired) electrons. The molecule has 1 aliphatic heterocycles. The van der Waals surface area contributed by atoms with Crippen LogP contribution in [0.25, 0.3) is 0 Å². The Morgan fingerprint density at radius 1 is 1.53 bits per heavy atom. The lowest BCUT2D eigenvalue weighted by atomic mass is 9.89. The number of hydrogen-bond donors (Lipinski definition) is 1. The molecule has 0 saturated carbocycles. The van der Waals surface area contributed by atoms with Crippen molar-refractivity contribution < 1.29 is 13.9 Å². The molecule has 17 heavy (non-hydrogen) atoms. The van der Waals surface area contributed by atoms with Crippen molar-refractivity contribution in [2.24, 2.45) is 0 Å². The zero-order chi connectivity index (χ0) is 12.5. The highest BCUT2D eigenvalue weighted by Crippen LogP contribution is 2.27. The second-order valence-electron chi connectivity index (χ2n) is 4.51. The van der Waals surface area contributed by atoms with E-state index in [0.717, 1.165) is 19.4 Å². The number of hydrogen-bond acceptors (Lipinski definition) is 3. The van der Waals surface area contributed by atoms with Crippen molar-refractivity contribution in [1.82, 2.24) is 5.32 Å². The average Bonchev–Trinajstić information content (AvgIpc) is 2.77. The molecule has 4 heteroatoms. The summed E-state index contributed by atoms with van der Waals surface area (Å²) in [5.74, 6) is -0.668. The molecule has 3 nitrogen and oxygen atoms in total. The van der Waals surface area contributed by atoms with E-state index in [9.17, 15) is 9.18 Å². The molecule has 1 aromatic carbocycles. The van der Waals surface area contributed by atoms with Crippen LogP contribution in [-0.2, 0) is 0 Å². The number of halogens is 1. The molecule has 1 aromatic rings. The highest BCUT2D eigenvalue weighted by molar-refractivity contribution is 6.03. The smallest absolute Gasteiger partial charge is 0.185 e. The standard InChI is InChI=1S/C13H16FNO2/c1-13(7-4-8-15-13)12(16)9-5-3-6-10(17-2)11(9)14/h3,5-6,15H,4,7-8H2,1-2H3. The minimum absolute atomic E-state index is 0.0984. The number of ether oxygens (including phenoxy) is 1. The zero-order valence-corrected chi connectivity index (χ0v) is 10.0. The fourth-order valence-electron chi connectivity index (χ4n) is 2.23. The van der Waals surface area contributed by atoms with Gasteiger partial charge < -0.3 is 10.1 Å². The van der Waals surface area contributed by atoms with Crippen LogP contribution in [0.5, 0.6) is 5.75 Å². The van der Waals surface area contributed by atoms with Gasteiger partial charge in [0.05, 0.1) is 18.2 Å². The van der Waals surface area contributed by atoms with E-state index in [2.05, 4.69) is 5.32 Å². The van der Waals surface area contributed by atoms with Crippen molar-refractivity contribution in [3.8, 4) is 5.75 Å². The van der Waals surface area contributed by atoms with Gasteiger partial charge in [0.1, 0.15) is 0 Å². The minimum atomic E-state index is -0.646. The van der Waals surface area contributed by atoms with Crippen molar-refractivity contribution in [2.75, 3.05) is 13.7 Å². The third kappa shape index (κ3) is 2.05. The maximum atomic E-state index is 14.0. The lowest BCUT2D eigenvalue weighted by Crippen LogP contribution is -2.44. The van der Waals surface area contributed by atoms with Gasteiger partial charge in [-0.05, 0) is 38.4 Å². The van der Waals surface area contributed by atoms with Gasteiger partial charge in [-0.3, -0.25) is 4.79 Å². The van der Waals surface area contributed by atoms with E-state index < -0.39 is 11.4 Å². The Morgan fingerprint density at radius 3 is 2.88 bits per heavy atom. The number of ketones is 1. The Hall–Kier alpha value is -1.42. The normalized spacial score (nSPS) is 23.7. The monoisotopic (exact) mass is 237 g/mol. The summed E-state index contributed by atoms with van der Waals surface area (Å²) in [6.45, 7) is 2.62. The fourth-order valence-corrected chi connectivity index (χ4v) is 2.23. The van der Waals surface area contributed by atoms with Crippen LogP contribution in [0.1, 0.15) is 30.1 Å². The zero-order valence-electron chi connectivity index (χ0n) is 10.0. The van der Waals surface area contributed by atoms with E-state index in [0.29, 0.717) is 0 Å². The maximum absolute atomic E-state index is 14.0. The molecule has 0 aliphatic carbocycles. The highest BCUT2D eigenvalue weighted by Gasteiger charge is 2.37. The van der Waals surface area contributed by atoms with Crippen molar-refractivity contribution >= 4 is 5.78 Å². The predicted molar refractivity (Wildman–Crippen MR) is 62.9 cm³/mol. The Kier molecular flexibility index (Phi) is 3.15. The van der Waals surface area contributed by atoms with Crippen molar-refractivity contribution in [3.63, 3.8) is 0 Å². The minimum Gasteiger partial charge on any atom is -0.494 e. The Labute approximate surface area is 100.0 Å². The number of benzene rings is 1. The van der Waals surface area contributed by atoms with E-state index >= 15 is 0 Å². The largest absolute Gasteiger partial charge is 0.494 e. The fraction of sp³-hybridized carbons (Fsp3) is 0.462. The van der Waals surface area contributed by atoms with Crippen molar-refractivity contribution in [3.05, 3.63) is 29.6 Å². The van der Waals surface area contributed by atoms with Gasteiger partial charge in [0.25, 0.3) is 0 Å². The van der Waals surface area contributed by atoms with E-state index in [1.807, 2.05) is 6.92 Å². The summed E-state index contributed by atoms with van der Waals surface area (Å²) in [6, 6.07) is 4.65. The molecule has 1 aliphatic rings. The van der Waals surface area contributed by atoms with Crippen LogP contribution >= 0.6 is 0 Å². The van der Waals surface area contributed by atoms with E-state index in [1.165, 1.54) is 19.2 Å². The summed E-state index contributed by atoms with van der Waals surface area (Å²) >= 11 is 0. The lowest BCUT2D eigenvalue weighted by molar-refractivity contribution is 0.0879. The molecular formula is C13H16FNO2. The summed E-state index contributed by atoms with van der Waals surface area (Å²) in [5, 5.41) is 3.14. The van der Waals surface area contributed by atoms with E-state index in [4.69, 9.17) is 4.74 Å². The first kappa shape index (κ1) is 12.0. The average molecular weight is 237 g/mol. The van der Waals surface area contributed by atoms with Crippen LogP contribution in [0.3, 0.4) is 0 Å². The molecule has 1 fully saturated rings. The van der Waals surface area contributed by atoms with E-state index in [-0.39, 0.29) is 17.1 Å². The second-order valence-corrected chi connectivity index (χ2v) is 4.51. The SMILES string of the molecule is COc1cccc(C(=O)C2(C)CCCN2)c1F. The highest BCUT2D eigenvalue weighted by atomic mass is 19.1. The predicted octanol–water partition coefficient (Wildman–Crippen LogP) is 2.16. The van der Waals surface area contributed by atoms with Crippen LogP contribution in [0, 0.1) is 5.82 Å². The molecule has 0 amide bonds. The van der Waals surface area contributed by atoms with Gasteiger partial charge in [0, 0.05) is 0 Å². The van der Waals surface area contributed by atoms with Crippen LogP contribution < -0.4 is 10.1 Å². The molecule has 1 unspecified atom stereocenters. The van der Waals surface area contributed by atoms with Crippen LogP contribution in [0.4, 0.5) is 4.39 Å². The van der Waals surface area contributed by atoms with Gasteiger partial charge in [0.15, 0.2) is 17.3 Å². The van der Waals surface area contributed by atoms with Crippen LogP contribution in [0.15, 0.2) is 18.2 Å². The molecule has 92 valence electrons. The van der Waals surface area contributed by atoms with Gasteiger partial charge in [-0.15, -0.1) is 0 Å². The molecule has 1 heterocycles. The summed E-state index contributed by atoms with van der Waals surface area (Å²) in [7, 11) is 1.39. The molecule has 1 N–H and O–H groups in total. The maximum Gasteiger partial charge on any atom is 0.185 e. The van der Waals surface area contributed by atoms with Crippen molar-refractivity contribution in [2.45, 2.75) is 25.3 Å². The van der Waals surface area contributed by atoms with Crippen LogP contribution in [-0.4, -0.2) is 25.0 Å². The summed E-state index contributed by atoms with van der Waals surface area (Å²) < 4.78 is 18.9. The summed E-state index contributed by atoms with van der Waals surface area (Å²) in [4.78, 5) is 12.3. The van der Waals surface area contributed by atoms with Gasteiger partial charge in [-0.1, -0.05) is 6.07 Å². The topological polar surface area (TPSA) is 38.3 Å². The Balaban J connectivity index is 2.37. The number of carbonyl (C=O) groups is 1. The Bertz CT molecular complexity index is 439. The number of Topliss-reactive ketones (excluding diaryl/α,β-unsaturated/α-hetero) is 1. The molecule has 0 aromatic heterocycles. The third-order valence-electron chi connectivity index (χ3n) is 3.30. The van der Waals surface area contributed by atoms with Crippen molar-refractivity contribution in [1.29, 1.82) is 0 Å². The number of nitrogens with one attached hydrogen (secondary N) is 1. The van der Waals surface area contributed by atoms with Gasteiger partial charge >= 0.3 is 0 Å². The number of carbonyl (C=O) groups excluding carboxylic acids is 1.